The molecule has 0 aromatic carbocycles. The van der Waals surface area contributed by atoms with Crippen molar-refractivity contribution in [3.63, 3.8) is 0 Å². The molecule has 0 bridgehead atoms. The quantitative estimate of drug-likeness (QED) is 0.725. The number of nitrogens with zero attached hydrogens (tertiary/aromatic N) is 1. The number of aromatic nitrogens is 1. The van der Waals surface area contributed by atoms with Crippen molar-refractivity contribution in [3.8, 4) is 5.88 Å². The molecule has 0 fully saturated rings. The molecular weight excluding hydrogens is 152 g/mol. The largest absolute Gasteiger partial charge is 0.476 e. The Morgan fingerprint density at radius 1 is 1.50 bits per heavy atom. The van der Waals surface area contributed by atoms with Gasteiger partial charge in [0.1, 0.15) is 6.61 Å². The fraction of sp³-hybridized carbons (Fsp3) is 0.444. The molecule has 0 saturated heterocycles. The zero-order chi connectivity index (χ0) is 8.81. The molecule has 3 heteroatoms. The minimum atomic E-state index is 0.526. The molecule has 0 aliphatic rings. The highest BCUT2D eigenvalue weighted by Gasteiger charge is 1.95. The van der Waals surface area contributed by atoms with Crippen molar-refractivity contribution in [3.05, 3.63) is 23.9 Å². The van der Waals surface area contributed by atoms with E-state index in [1.165, 1.54) is 0 Å². The predicted molar refractivity (Wildman–Crippen MR) is 48.2 cm³/mol. The first-order valence-electron chi connectivity index (χ1n) is 4.15. The molecule has 1 aromatic heterocycles. The molecule has 1 rings (SSSR count). The second-order valence-corrected chi connectivity index (χ2v) is 2.46. The summed E-state index contributed by atoms with van der Waals surface area (Å²) in [5, 5.41) is 0. The van der Waals surface area contributed by atoms with E-state index in [4.69, 9.17) is 10.5 Å². The van der Waals surface area contributed by atoms with Crippen LogP contribution in [-0.2, 0) is 6.42 Å². The number of ether oxygens (including phenoxy) is 1. The molecule has 0 saturated carbocycles. The van der Waals surface area contributed by atoms with Gasteiger partial charge in [0.05, 0.1) is 0 Å². The third-order valence-corrected chi connectivity index (χ3v) is 1.51. The van der Waals surface area contributed by atoms with Crippen LogP contribution in [0.25, 0.3) is 0 Å². The molecule has 66 valence electrons. The van der Waals surface area contributed by atoms with Crippen molar-refractivity contribution in [1.29, 1.82) is 0 Å². The van der Waals surface area contributed by atoms with Crippen LogP contribution in [-0.4, -0.2) is 18.1 Å². The van der Waals surface area contributed by atoms with Crippen LogP contribution in [0.15, 0.2) is 18.2 Å². The van der Waals surface area contributed by atoms with Gasteiger partial charge in [-0.25, -0.2) is 4.98 Å². The van der Waals surface area contributed by atoms with Crippen LogP contribution in [0.1, 0.15) is 12.6 Å². The molecule has 3 nitrogen and oxygen atoms in total. The first-order valence-corrected chi connectivity index (χ1v) is 4.15. The summed E-state index contributed by atoms with van der Waals surface area (Å²) in [6, 6.07) is 5.77. The monoisotopic (exact) mass is 166 g/mol. The van der Waals surface area contributed by atoms with E-state index < -0.39 is 0 Å². The molecule has 0 atom stereocenters. The van der Waals surface area contributed by atoms with E-state index in [0.29, 0.717) is 19.0 Å². The lowest BCUT2D eigenvalue weighted by Crippen LogP contribution is -2.11. The highest BCUT2D eigenvalue weighted by molar-refractivity contribution is 5.15. The Bertz CT molecular complexity index is 238. The van der Waals surface area contributed by atoms with Gasteiger partial charge in [0, 0.05) is 18.3 Å². The highest BCUT2D eigenvalue weighted by atomic mass is 16.5. The van der Waals surface area contributed by atoms with Crippen LogP contribution < -0.4 is 10.5 Å². The Kier molecular flexibility index (Phi) is 3.54. The Labute approximate surface area is 72.6 Å². The first-order chi connectivity index (χ1) is 5.86. The van der Waals surface area contributed by atoms with Gasteiger partial charge in [-0.3, -0.25) is 0 Å². The molecular formula is C9H14N2O. The van der Waals surface area contributed by atoms with Crippen LogP contribution in [0.3, 0.4) is 0 Å². The van der Waals surface area contributed by atoms with Gasteiger partial charge < -0.3 is 10.5 Å². The Hall–Kier alpha value is -1.09. The predicted octanol–water partition coefficient (Wildman–Crippen LogP) is 0.981. The smallest absolute Gasteiger partial charge is 0.213 e. The lowest BCUT2D eigenvalue weighted by molar-refractivity contribution is 0.315. The van der Waals surface area contributed by atoms with Gasteiger partial charge in [0.2, 0.25) is 5.88 Å². The lowest BCUT2D eigenvalue weighted by atomic mass is 10.3. The fourth-order valence-corrected chi connectivity index (χ4v) is 0.898. The van der Waals surface area contributed by atoms with E-state index >= 15 is 0 Å². The van der Waals surface area contributed by atoms with E-state index in [1.54, 1.807) is 0 Å². The van der Waals surface area contributed by atoms with E-state index in [1.807, 2.05) is 18.2 Å². The first kappa shape index (κ1) is 9.00. The number of aryl methyl sites for hydroxylation is 1. The lowest BCUT2D eigenvalue weighted by Gasteiger charge is -2.03. The highest BCUT2D eigenvalue weighted by Crippen LogP contribution is 2.07. The average molecular weight is 166 g/mol. The van der Waals surface area contributed by atoms with Gasteiger partial charge in [-0.15, -0.1) is 0 Å². The summed E-state index contributed by atoms with van der Waals surface area (Å²) < 4.78 is 5.26. The summed E-state index contributed by atoms with van der Waals surface area (Å²) in [4.78, 5) is 4.25. The summed E-state index contributed by atoms with van der Waals surface area (Å²) in [5.41, 5.74) is 6.34. The van der Waals surface area contributed by atoms with Gasteiger partial charge in [-0.05, 0) is 12.5 Å². The van der Waals surface area contributed by atoms with Crippen molar-refractivity contribution in [2.75, 3.05) is 13.2 Å². The summed E-state index contributed by atoms with van der Waals surface area (Å²) in [7, 11) is 0. The van der Waals surface area contributed by atoms with Crippen LogP contribution in [0.5, 0.6) is 5.88 Å². The van der Waals surface area contributed by atoms with Crippen LogP contribution in [0.4, 0.5) is 0 Å². The molecule has 1 aromatic rings. The van der Waals surface area contributed by atoms with Gasteiger partial charge in [0.15, 0.2) is 0 Å². The second kappa shape index (κ2) is 4.72. The standard InChI is InChI=1S/C9H14N2O/c1-2-8-4-3-5-9(11-8)12-7-6-10/h3-5H,2,6-7,10H2,1H3. The number of hydrogen-bond donors (Lipinski definition) is 1. The van der Waals surface area contributed by atoms with Gasteiger partial charge in [0.25, 0.3) is 0 Å². The Morgan fingerprint density at radius 3 is 3.00 bits per heavy atom. The molecule has 12 heavy (non-hydrogen) atoms. The van der Waals surface area contributed by atoms with Gasteiger partial charge in [-0.2, -0.15) is 0 Å². The van der Waals surface area contributed by atoms with Crippen molar-refractivity contribution >= 4 is 0 Å². The molecule has 0 aliphatic carbocycles. The summed E-state index contributed by atoms with van der Waals surface area (Å²) in [5.74, 6) is 0.666. The summed E-state index contributed by atoms with van der Waals surface area (Å²) in [6.45, 7) is 3.12. The maximum atomic E-state index is 5.29. The fourth-order valence-electron chi connectivity index (χ4n) is 0.898. The molecule has 0 amide bonds. The third kappa shape index (κ3) is 2.51. The molecule has 0 spiro atoms. The van der Waals surface area contributed by atoms with Gasteiger partial charge >= 0.3 is 0 Å². The minimum Gasteiger partial charge on any atom is -0.476 e. The maximum absolute atomic E-state index is 5.29. The van der Waals surface area contributed by atoms with Crippen molar-refractivity contribution in [1.82, 2.24) is 4.98 Å². The SMILES string of the molecule is CCc1cccc(OCCN)n1. The van der Waals surface area contributed by atoms with E-state index in [9.17, 15) is 0 Å². The summed E-state index contributed by atoms with van der Waals surface area (Å²) in [6.07, 6.45) is 0.930. The van der Waals surface area contributed by atoms with E-state index in [-0.39, 0.29) is 0 Å². The Balaban J connectivity index is 2.60. The van der Waals surface area contributed by atoms with E-state index in [2.05, 4.69) is 11.9 Å². The average Bonchev–Trinajstić information content (AvgIpc) is 2.15. The Morgan fingerprint density at radius 2 is 2.33 bits per heavy atom. The zero-order valence-electron chi connectivity index (χ0n) is 7.29. The van der Waals surface area contributed by atoms with E-state index in [0.717, 1.165) is 12.1 Å². The molecule has 0 radical (unpaired) electrons. The molecule has 0 aliphatic heterocycles. The second-order valence-electron chi connectivity index (χ2n) is 2.46. The number of hydrogen-bond acceptors (Lipinski definition) is 3. The topological polar surface area (TPSA) is 48.1 Å². The molecule has 2 N–H and O–H groups in total. The van der Waals surface area contributed by atoms with Crippen molar-refractivity contribution < 1.29 is 4.74 Å². The zero-order valence-corrected chi connectivity index (χ0v) is 7.29. The number of nitrogens with two attached hydrogens (primary N) is 1. The molecule has 1 heterocycles. The van der Waals surface area contributed by atoms with Crippen LogP contribution >= 0.6 is 0 Å². The number of rotatable bonds is 4. The number of pyridine rings is 1. The van der Waals surface area contributed by atoms with Crippen LogP contribution in [0.2, 0.25) is 0 Å². The maximum Gasteiger partial charge on any atom is 0.213 e. The summed E-state index contributed by atoms with van der Waals surface area (Å²) >= 11 is 0. The van der Waals surface area contributed by atoms with Gasteiger partial charge in [-0.1, -0.05) is 13.0 Å². The van der Waals surface area contributed by atoms with Crippen molar-refractivity contribution in [2.45, 2.75) is 13.3 Å². The van der Waals surface area contributed by atoms with Crippen LogP contribution in [0, 0.1) is 0 Å². The molecule has 0 unspecified atom stereocenters. The third-order valence-electron chi connectivity index (χ3n) is 1.51. The minimum absolute atomic E-state index is 0.526. The normalized spacial score (nSPS) is 9.83. The van der Waals surface area contributed by atoms with Crippen molar-refractivity contribution in [2.24, 2.45) is 5.73 Å².